The topological polar surface area (TPSA) is 77.2 Å². The molecule has 1 atom stereocenters. The Morgan fingerprint density at radius 2 is 2.39 bits per heavy atom. The van der Waals surface area contributed by atoms with E-state index in [4.69, 9.17) is 10.5 Å². The number of carbonyl (C=O) groups excluding carboxylic acids is 1. The predicted molar refractivity (Wildman–Crippen MR) is 70.2 cm³/mol. The van der Waals surface area contributed by atoms with Crippen molar-refractivity contribution in [2.75, 3.05) is 13.2 Å². The van der Waals surface area contributed by atoms with Crippen LogP contribution in [-0.4, -0.2) is 30.1 Å². The van der Waals surface area contributed by atoms with Crippen molar-refractivity contribution in [1.29, 1.82) is 0 Å². The minimum Gasteiger partial charge on any atom is -0.381 e. The van der Waals surface area contributed by atoms with E-state index < -0.39 is 6.04 Å². The molecule has 1 amide bonds. The fraction of sp³-hybridized carbons (Fsp3) is 0.667. The molecule has 1 unspecified atom stereocenters. The molecule has 0 saturated carbocycles. The van der Waals surface area contributed by atoms with Crippen LogP contribution in [0, 0.1) is 12.8 Å². The minimum atomic E-state index is -0.429. The number of thiazole rings is 1. The minimum absolute atomic E-state index is 0.0744. The number of amides is 1. The molecule has 6 heteroatoms. The van der Waals surface area contributed by atoms with Gasteiger partial charge >= 0.3 is 0 Å². The molecule has 0 bridgehead atoms. The fourth-order valence-corrected chi connectivity index (χ4v) is 2.79. The molecule has 2 rings (SSSR count). The number of hydrogen-bond donors (Lipinski definition) is 2. The van der Waals surface area contributed by atoms with Crippen LogP contribution in [-0.2, 0) is 16.1 Å². The quantitative estimate of drug-likeness (QED) is 0.848. The van der Waals surface area contributed by atoms with Gasteiger partial charge in [0.25, 0.3) is 0 Å². The van der Waals surface area contributed by atoms with Crippen molar-refractivity contribution in [2.24, 2.45) is 11.7 Å². The summed E-state index contributed by atoms with van der Waals surface area (Å²) in [7, 11) is 0. The Kier molecular flexibility index (Phi) is 4.68. The highest BCUT2D eigenvalue weighted by atomic mass is 32.1. The lowest BCUT2D eigenvalue weighted by molar-refractivity contribution is -0.124. The molecule has 1 aliphatic heterocycles. The first kappa shape index (κ1) is 13.5. The third-order valence-electron chi connectivity index (χ3n) is 3.34. The van der Waals surface area contributed by atoms with Crippen LogP contribution in [0.25, 0.3) is 0 Å². The normalized spacial score (nSPS) is 18.6. The second-order valence-electron chi connectivity index (χ2n) is 4.55. The van der Waals surface area contributed by atoms with Gasteiger partial charge in [-0.2, -0.15) is 0 Å². The zero-order valence-electron chi connectivity index (χ0n) is 10.5. The van der Waals surface area contributed by atoms with Crippen molar-refractivity contribution < 1.29 is 9.53 Å². The van der Waals surface area contributed by atoms with E-state index in [1.54, 1.807) is 16.8 Å². The maximum atomic E-state index is 12.0. The van der Waals surface area contributed by atoms with Crippen LogP contribution < -0.4 is 11.1 Å². The van der Waals surface area contributed by atoms with Gasteiger partial charge in [-0.25, -0.2) is 4.98 Å². The molecule has 1 saturated heterocycles. The van der Waals surface area contributed by atoms with E-state index in [9.17, 15) is 4.79 Å². The van der Waals surface area contributed by atoms with Gasteiger partial charge in [0.15, 0.2) is 0 Å². The first-order chi connectivity index (χ1) is 8.68. The van der Waals surface area contributed by atoms with Crippen LogP contribution in [0.3, 0.4) is 0 Å². The summed E-state index contributed by atoms with van der Waals surface area (Å²) in [4.78, 5) is 17.2. The second-order valence-corrected chi connectivity index (χ2v) is 5.49. The van der Waals surface area contributed by atoms with Crippen molar-refractivity contribution in [1.82, 2.24) is 10.3 Å². The Labute approximate surface area is 111 Å². The second kappa shape index (κ2) is 6.26. The molecule has 1 aromatic heterocycles. The highest BCUT2D eigenvalue weighted by molar-refractivity contribution is 7.09. The molecule has 2 heterocycles. The zero-order valence-corrected chi connectivity index (χ0v) is 11.3. The van der Waals surface area contributed by atoms with E-state index in [2.05, 4.69) is 10.3 Å². The summed E-state index contributed by atoms with van der Waals surface area (Å²) in [5.74, 6) is 0.163. The smallest absolute Gasteiger partial charge is 0.237 e. The number of aromatic nitrogens is 1. The molecule has 0 spiro atoms. The highest BCUT2D eigenvalue weighted by Gasteiger charge is 2.26. The molecule has 100 valence electrons. The Balaban J connectivity index is 1.82. The average Bonchev–Trinajstić information content (AvgIpc) is 2.81. The van der Waals surface area contributed by atoms with Crippen LogP contribution in [0.15, 0.2) is 5.51 Å². The van der Waals surface area contributed by atoms with Crippen molar-refractivity contribution in [3.63, 3.8) is 0 Å². The summed E-state index contributed by atoms with van der Waals surface area (Å²) >= 11 is 1.55. The lowest BCUT2D eigenvalue weighted by Crippen LogP contribution is -2.46. The molecule has 5 nitrogen and oxygen atoms in total. The summed E-state index contributed by atoms with van der Waals surface area (Å²) in [6.07, 6.45) is 1.74. The number of carbonyl (C=O) groups is 1. The van der Waals surface area contributed by atoms with Gasteiger partial charge in [0.1, 0.15) is 0 Å². The number of aryl methyl sites for hydroxylation is 1. The molecule has 0 radical (unpaired) electrons. The van der Waals surface area contributed by atoms with Gasteiger partial charge in [-0.1, -0.05) is 0 Å². The number of ether oxygens (including phenoxy) is 1. The molecule has 3 N–H and O–H groups in total. The Morgan fingerprint density at radius 1 is 1.67 bits per heavy atom. The maximum Gasteiger partial charge on any atom is 0.237 e. The molecule has 1 aromatic rings. The van der Waals surface area contributed by atoms with Crippen LogP contribution in [0.4, 0.5) is 0 Å². The maximum absolute atomic E-state index is 12.0. The van der Waals surface area contributed by atoms with Crippen LogP contribution in [0.2, 0.25) is 0 Å². The number of nitrogens with two attached hydrogens (primary N) is 1. The highest BCUT2D eigenvalue weighted by Crippen LogP contribution is 2.18. The van der Waals surface area contributed by atoms with Crippen molar-refractivity contribution in [3.8, 4) is 0 Å². The van der Waals surface area contributed by atoms with Crippen LogP contribution in [0.5, 0.6) is 0 Å². The van der Waals surface area contributed by atoms with E-state index in [1.807, 2.05) is 6.92 Å². The van der Waals surface area contributed by atoms with E-state index in [0.29, 0.717) is 19.8 Å². The molecule has 1 aliphatic rings. The standard InChI is InChI=1S/C12H19N3O2S/c1-8-10(18-7-15-8)6-14-12(16)11(13)9-2-4-17-5-3-9/h7,9,11H,2-6,13H2,1H3,(H,14,16). The molecule has 0 aromatic carbocycles. The largest absolute Gasteiger partial charge is 0.381 e. The summed E-state index contributed by atoms with van der Waals surface area (Å²) in [5, 5.41) is 2.89. The lowest BCUT2D eigenvalue weighted by Gasteiger charge is -2.26. The van der Waals surface area contributed by atoms with Gasteiger partial charge in [-0.05, 0) is 25.7 Å². The molecule has 1 fully saturated rings. The first-order valence-corrected chi connectivity index (χ1v) is 7.06. The van der Waals surface area contributed by atoms with Gasteiger partial charge in [0, 0.05) is 18.1 Å². The average molecular weight is 269 g/mol. The molecular formula is C12H19N3O2S. The van der Waals surface area contributed by atoms with Crippen LogP contribution >= 0.6 is 11.3 Å². The van der Waals surface area contributed by atoms with E-state index in [1.165, 1.54) is 0 Å². The first-order valence-electron chi connectivity index (χ1n) is 6.18. The Bertz CT molecular complexity index is 402. The van der Waals surface area contributed by atoms with Gasteiger partial charge in [-0.3, -0.25) is 4.79 Å². The van der Waals surface area contributed by atoms with Gasteiger partial charge in [-0.15, -0.1) is 11.3 Å². The molecular weight excluding hydrogens is 250 g/mol. The fourth-order valence-electron chi connectivity index (χ4n) is 2.07. The summed E-state index contributed by atoms with van der Waals surface area (Å²) in [6.45, 7) is 3.88. The number of rotatable bonds is 4. The van der Waals surface area contributed by atoms with Crippen molar-refractivity contribution >= 4 is 17.2 Å². The third kappa shape index (κ3) is 3.28. The predicted octanol–water partition coefficient (Wildman–Crippen LogP) is 0.822. The number of nitrogens with zero attached hydrogens (tertiary/aromatic N) is 1. The third-order valence-corrected chi connectivity index (χ3v) is 4.28. The van der Waals surface area contributed by atoms with E-state index >= 15 is 0 Å². The van der Waals surface area contributed by atoms with Crippen molar-refractivity contribution in [2.45, 2.75) is 32.4 Å². The Hall–Kier alpha value is -0.980. The summed E-state index contributed by atoms with van der Waals surface area (Å²) in [6, 6.07) is -0.429. The zero-order chi connectivity index (χ0) is 13.0. The molecule has 18 heavy (non-hydrogen) atoms. The number of hydrogen-bond acceptors (Lipinski definition) is 5. The van der Waals surface area contributed by atoms with Crippen LogP contribution in [0.1, 0.15) is 23.4 Å². The Morgan fingerprint density at radius 3 is 3.00 bits per heavy atom. The van der Waals surface area contributed by atoms with Gasteiger partial charge in [0.2, 0.25) is 5.91 Å². The van der Waals surface area contributed by atoms with Crippen molar-refractivity contribution in [3.05, 3.63) is 16.1 Å². The summed E-state index contributed by atoms with van der Waals surface area (Å²) in [5.41, 5.74) is 8.75. The lowest BCUT2D eigenvalue weighted by atomic mass is 9.92. The number of nitrogens with one attached hydrogen (secondary N) is 1. The van der Waals surface area contributed by atoms with Gasteiger partial charge < -0.3 is 15.8 Å². The monoisotopic (exact) mass is 269 g/mol. The SMILES string of the molecule is Cc1ncsc1CNC(=O)C(N)C1CCOCC1. The molecule has 0 aliphatic carbocycles. The van der Waals surface area contributed by atoms with Gasteiger partial charge in [0.05, 0.1) is 23.8 Å². The van der Waals surface area contributed by atoms with E-state index in [0.717, 1.165) is 23.4 Å². The van der Waals surface area contributed by atoms with E-state index in [-0.39, 0.29) is 11.8 Å². The summed E-state index contributed by atoms with van der Waals surface area (Å²) < 4.78 is 5.27.